The number of para-hydroxylation sites is 1. The molecule has 1 heterocycles. The molecule has 0 N–H and O–H groups in total. The number of fused-ring (bicyclic) bond motifs is 1. The predicted octanol–water partition coefficient (Wildman–Crippen LogP) is 5.91. The van der Waals surface area contributed by atoms with Gasteiger partial charge in [-0.25, -0.2) is 4.39 Å². The average Bonchev–Trinajstić information content (AvgIpc) is 3.01. The molecule has 0 fully saturated rings. The third-order valence-electron chi connectivity index (χ3n) is 4.06. The van der Waals surface area contributed by atoms with Crippen LogP contribution in [0.1, 0.15) is 0 Å². The van der Waals surface area contributed by atoms with E-state index in [0.717, 1.165) is 39.2 Å². The van der Waals surface area contributed by atoms with Crippen LogP contribution in [0.4, 0.5) is 4.39 Å². The second kappa shape index (κ2) is 5.85. The lowest BCUT2D eigenvalue weighted by Crippen LogP contribution is -1.84. The van der Waals surface area contributed by atoms with E-state index in [-0.39, 0.29) is 5.82 Å². The summed E-state index contributed by atoms with van der Waals surface area (Å²) in [7, 11) is 1.63. The first-order chi connectivity index (χ1) is 11.8. The van der Waals surface area contributed by atoms with Crippen LogP contribution < -0.4 is 4.74 Å². The molecule has 3 heteroatoms. The van der Waals surface area contributed by atoms with Gasteiger partial charge in [-0.3, -0.25) is 0 Å². The van der Waals surface area contributed by atoms with Gasteiger partial charge in [0.15, 0.2) is 0 Å². The molecule has 0 aliphatic heterocycles. The van der Waals surface area contributed by atoms with Crippen molar-refractivity contribution in [1.29, 1.82) is 0 Å². The van der Waals surface area contributed by atoms with Crippen molar-refractivity contribution in [3.8, 4) is 28.2 Å². The summed E-state index contributed by atoms with van der Waals surface area (Å²) in [5, 5.41) is 0.967. The number of halogens is 1. The van der Waals surface area contributed by atoms with E-state index in [1.165, 1.54) is 12.1 Å². The zero-order chi connectivity index (χ0) is 16.5. The van der Waals surface area contributed by atoms with E-state index in [0.29, 0.717) is 0 Å². The molecule has 0 saturated heterocycles. The first-order valence-corrected chi connectivity index (χ1v) is 7.68. The maximum absolute atomic E-state index is 13.7. The number of hydrogen-bond acceptors (Lipinski definition) is 2. The van der Waals surface area contributed by atoms with Gasteiger partial charge in [0.2, 0.25) is 0 Å². The molecule has 0 aliphatic rings. The molecule has 118 valence electrons. The Hall–Kier alpha value is -3.07. The van der Waals surface area contributed by atoms with Crippen molar-refractivity contribution < 1.29 is 13.5 Å². The number of ether oxygens (including phenoxy) is 1. The Bertz CT molecular complexity index is 1000. The fourth-order valence-electron chi connectivity index (χ4n) is 2.92. The van der Waals surface area contributed by atoms with Gasteiger partial charge in [0.1, 0.15) is 22.9 Å². The van der Waals surface area contributed by atoms with E-state index in [4.69, 9.17) is 9.15 Å². The third-order valence-corrected chi connectivity index (χ3v) is 4.06. The van der Waals surface area contributed by atoms with Gasteiger partial charge in [-0.2, -0.15) is 0 Å². The van der Waals surface area contributed by atoms with Crippen molar-refractivity contribution in [2.45, 2.75) is 0 Å². The molecule has 0 atom stereocenters. The Kier molecular flexibility index (Phi) is 3.54. The van der Waals surface area contributed by atoms with E-state index in [9.17, 15) is 4.39 Å². The lowest BCUT2D eigenvalue weighted by Gasteiger charge is -2.05. The summed E-state index contributed by atoms with van der Waals surface area (Å²) < 4.78 is 25.0. The van der Waals surface area contributed by atoms with Crippen LogP contribution in [0.15, 0.2) is 77.2 Å². The highest BCUT2D eigenvalue weighted by Gasteiger charge is 2.17. The number of rotatable bonds is 3. The van der Waals surface area contributed by atoms with E-state index in [2.05, 4.69) is 0 Å². The summed E-state index contributed by atoms with van der Waals surface area (Å²) in [6.07, 6.45) is 0. The molecular weight excluding hydrogens is 303 g/mol. The summed E-state index contributed by atoms with van der Waals surface area (Å²) in [6.45, 7) is 0. The van der Waals surface area contributed by atoms with Crippen LogP contribution in [0, 0.1) is 5.82 Å². The number of benzene rings is 3. The van der Waals surface area contributed by atoms with Crippen molar-refractivity contribution in [3.05, 3.63) is 78.6 Å². The number of methoxy groups -OCH3 is 1. The molecule has 0 radical (unpaired) electrons. The monoisotopic (exact) mass is 318 g/mol. The van der Waals surface area contributed by atoms with Gasteiger partial charge in [-0.15, -0.1) is 0 Å². The van der Waals surface area contributed by atoms with Crippen LogP contribution >= 0.6 is 0 Å². The molecule has 0 bridgehead atoms. The molecule has 0 spiro atoms. The first kappa shape index (κ1) is 14.5. The zero-order valence-corrected chi connectivity index (χ0v) is 13.1. The fourth-order valence-corrected chi connectivity index (χ4v) is 2.92. The standard InChI is InChI=1S/C21H15FO2/c1-23-17-11-9-14(10-12-17)21-20(15-5-4-6-16(22)13-15)18-7-2-3-8-19(18)24-21/h2-13H,1H3. The number of furan rings is 1. The molecule has 0 amide bonds. The van der Waals surface area contributed by atoms with Crippen LogP contribution in [0.3, 0.4) is 0 Å². The first-order valence-electron chi connectivity index (χ1n) is 7.68. The Morgan fingerprint density at radius 3 is 2.38 bits per heavy atom. The van der Waals surface area contributed by atoms with Crippen LogP contribution in [-0.4, -0.2) is 7.11 Å². The van der Waals surface area contributed by atoms with Gasteiger partial charge >= 0.3 is 0 Å². The summed E-state index contributed by atoms with van der Waals surface area (Å²) in [5.41, 5.74) is 3.40. The minimum atomic E-state index is -0.265. The fraction of sp³-hybridized carbons (Fsp3) is 0.0476. The van der Waals surface area contributed by atoms with Gasteiger partial charge in [0.05, 0.1) is 7.11 Å². The van der Waals surface area contributed by atoms with Gasteiger partial charge in [-0.05, 0) is 48.0 Å². The summed E-state index contributed by atoms with van der Waals surface area (Å²) in [4.78, 5) is 0. The molecule has 4 aromatic rings. The van der Waals surface area contributed by atoms with Crippen molar-refractivity contribution >= 4 is 11.0 Å². The second-order valence-corrected chi connectivity index (χ2v) is 5.54. The maximum atomic E-state index is 13.7. The van der Waals surface area contributed by atoms with Gasteiger partial charge in [0, 0.05) is 16.5 Å². The Morgan fingerprint density at radius 1 is 0.833 bits per heavy atom. The predicted molar refractivity (Wildman–Crippen MR) is 93.6 cm³/mol. The van der Waals surface area contributed by atoms with Crippen molar-refractivity contribution in [1.82, 2.24) is 0 Å². The Labute approximate surface area is 139 Å². The highest BCUT2D eigenvalue weighted by molar-refractivity contribution is 6.01. The van der Waals surface area contributed by atoms with E-state index in [1.807, 2.05) is 54.6 Å². The lowest BCUT2D eigenvalue weighted by molar-refractivity contribution is 0.415. The minimum absolute atomic E-state index is 0.265. The van der Waals surface area contributed by atoms with Crippen LogP contribution in [0.25, 0.3) is 33.4 Å². The molecule has 0 unspecified atom stereocenters. The van der Waals surface area contributed by atoms with Crippen LogP contribution in [-0.2, 0) is 0 Å². The molecule has 4 rings (SSSR count). The summed E-state index contributed by atoms with van der Waals surface area (Å²) in [5.74, 6) is 1.24. The Morgan fingerprint density at radius 2 is 1.62 bits per heavy atom. The van der Waals surface area contributed by atoms with E-state index in [1.54, 1.807) is 13.2 Å². The number of hydrogen-bond donors (Lipinski definition) is 0. The minimum Gasteiger partial charge on any atom is -0.497 e. The molecule has 0 saturated carbocycles. The molecule has 24 heavy (non-hydrogen) atoms. The topological polar surface area (TPSA) is 22.4 Å². The van der Waals surface area contributed by atoms with Crippen LogP contribution in [0.5, 0.6) is 5.75 Å². The van der Waals surface area contributed by atoms with Crippen molar-refractivity contribution in [2.75, 3.05) is 7.11 Å². The summed E-state index contributed by atoms with van der Waals surface area (Å²) >= 11 is 0. The quantitative estimate of drug-likeness (QED) is 0.468. The van der Waals surface area contributed by atoms with E-state index < -0.39 is 0 Å². The van der Waals surface area contributed by atoms with Crippen LogP contribution in [0.2, 0.25) is 0 Å². The van der Waals surface area contributed by atoms with Gasteiger partial charge in [-0.1, -0.05) is 30.3 Å². The zero-order valence-electron chi connectivity index (χ0n) is 13.1. The van der Waals surface area contributed by atoms with Gasteiger partial charge in [0.25, 0.3) is 0 Å². The maximum Gasteiger partial charge on any atom is 0.143 e. The molecule has 0 aliphatic carbocycles. The lowest BCUT2D eigenvalue weighted by atomic mass is 9.98. The van der Waals surface area contributed by atoms with Crippen molar-refractivity contribution in [3.63, 3.8) is 0 Å². The SMILES string of the molecule is COc1ccc(-c2oc3ccccc3c2-c2cccc(F)c2)cc1. The highest BCUT2D eigenvalue weighted by Crippen LogP contribution is 2.41. The summed E-state index contributed by atoms with van der Waals surface area (Å²) in [6, 6.07) is 22.0. The molecular formula is C21H15FO2. The largest absolute Gasteiger partial charge is 0.497 e. The van der Waals surface area contributed by atoms with E-state index >= 15 is 0 Å². The molecule has 3 aromatic carbocycles. The van der Waals surface area contributed by atoms with Gasteiger partial charge < -0.3 is 9.15 Å². The molecule has 1 aromatic heterocycles. The van der Waals surface area contributed by atoms with Crippen molar-refractivity contribution in [2.24, 2.45) is 0 Å². The second-order valence-electron chi connectivity index (χ2n) is 5.54. The average molecular weight is 318 g/mol. The Balaban J connectivity index is 1.99. The highest BCUT2D eigenvalue weighted by atomic mass is 19.1. The molecule has 2 nitrogen and oxygen atoms in total. The smallest absolute Gasteiger partial charge is 0.143 e. The third kappa shape index (κ3) is 2.44. The normalized spacial score (nSPS) is 10.9.